The van der Waals surface area contributed by atoms with Crippen LogP contribution >= 0.6 is 0 Å². The average Bonchev–Trinajstić information content (AvgIpc) is 2.53. The highest BCUT2D eigenvalue weighted by Crippen LogP contribution is 2.34. The van der Waals surface area contributed by atoms with Crippen molar-refractivity contribution < 1.29 is 4.74 Å². The Morgan fingerprint density at radius 1 is 1.10 bits per heavy atom. The van der Waals surface area contributed by atoms with Crippen LogP contribution in [-0.4, -0.2) is 6.61 Å². The van der Waals surface area contributed by atoms with E-state index in [0.29, 0.717) is 5.92 Å². The summed E-state index contributed by atoms with van der Waals surface area (Å²) in [7, 11) is 0. The normalized spacial score (nSPS) is 17.8. The maximum Gasteiger partial charge on any atom is 0.131 e. The predicted octanol–water partition coefficient (Wildman–Crippen LogP) is 4.82. The Morgan fingerprint density at radius 2 is 1.86 bits per heavy atom. The third-order valence-corrected chi connectivity index (χ3v) is 4.59. The molecular weight excluding hydrogens is 258 g/mol. The molecule has 112 valence electrons. The number of rotatable bonds is 4. The van der Waals surface area contributed by atoms with Crippen LogP contribution in [0.25, 0.3) is 10.8 Å². The molecule has 0 spiro atoms. The molecule has 3 rings (SSSR count). The van der Waals surface area contributed by atoms with Crippen LogP contribution in [0.2, 0.25) is 0 Å². The summed E-state index contributed by atoms with van der Waals surface area (Å²) >= 11 is 0. The summed E-state index contributed by atoms with van der Waals surface area (Å²) in [5, 5.41) is 2.41. The molecule has 1 unspecified atom stereocenters. The second kappa shape index (κ2) is 6.48. The number of ether oxygens (including phenoxy) is 1. The zero-order valence-corrected chi connectivity index (χ0v) is 12.8. The first-order chi connectivity index (χ1) is 10.3. The van der Waals surface area contributed by atoms with Gasteiger partial charge in [-0.25, -0.2) is 0 Å². The Morgan fingerprint density at radius 3 is 2.62 bits per heavy atom. The highest BCUT2D eigenvalue weighted by molar-refractivity contribution is 5.89. The number of benzene rings is 2. The van der Waals surface area contributed by atoms with E-state index in [0.717, 1.165) is 17.9 Å². The third kappa shape index (κ3) is 3.21. The van der Waals surface area contributed by atoms with E-state index in [-0.39, 0.29) is 6.04 Å². The van der Waals surface area contributed by atoms with Gasteiger partial charge in [0.05, 0.1) is 6.61 Å². The van der Waals surface area contributed by atoms with Crippen LogP contribution in [0.3, 0.4) is 0 Å². The topological polar surface area (TPSA) is 35.2 Å². The lowest BCUT2D eigenvalue weighted by atomic mass is 9.90. The Bertz CT molecular complexity index is 600. The number of fused-ring (bicyclic) bond motifs is 1. The van der Waals surface area contributed by atoms with Crippen LogP contribution in [0.15, 0.2) is 36.4 Å². The van der Waals surface area contributed by atoms with Crippen molar-refractivity contribution in [3.8, 4) is 5.75 Å². The van der Waals surface area contributed by atoms with Crippen molar-refractivity contribution in [2.45, 2.75) is 45.1 Å². The van der Waals surface area contributed by atoms with Gasteiger partial charge in [-0.05, 0) is 31.1 Å². The molecule has 2 aromatic rings. The van der Waals surface area contributed by atoms with Crippen molar-refractivity contribution in [2.24, 2.45) is 11.7 Å². The van der Waals surface area contributed by atoms with E-state index in [4.69, 9.17) is 10.5 Å². The van der Waals surface area contributed by atoms with Crippen LogP contribution in [0, 0.1) is 5.92 Å². The standard InChI is InChI=1S/C19H25NO/c1-14(20)17-12-11-16-9-5-6-10-18(16)19(17)21-13-15-7-3-2-4-8-15/h5-6,9-12,14-15H,2-4,7-8,13,20H2,1H3. The lowest BCUT2D eigenvalue weighted by molar-refractivity contribution is 0.209. The average molecular weight is 283 g/mol. The molecule has 1 atom stereocenters. The summed E-state index contributed by atoms with van der Waals surface area (Å²) in [6, 6.07) is 12.7. The SMILES string of the molecule is CC(N)c1ccc2ccccc2c1OCC1CCCCC1. The quantitative estimate of drug-likeness (QED) is 0.873. The lowest BCUT2D eigenvalue weighted by Gasteiger charge is -2.23. The predicted molar refractivity (Wildman–Crippen MR) is 88.6 cm³/mol. The van der Waals surface area contributed by atoms with Crippen molar-refractivity contribution in [3.63, 3.8) is 0 Å². The fraction of sp³-hybridized carbons (Fsp3) is 0.474. The number of hydrogen-bond donors (Lipinski definition) is 1. The van der Waals surface area contributed by atoms with Crippen molar-refractivity contribution in [2.75, 3.05) is 6.61 Å². The molecule has 1 aliphatic rings. The van der Waals surface area contributed by atoms with Gasteiger partial charge in [0.2, 0.25) is 0 Å². The summed E-state index contributed by atoms with van der Waals surface area (Å²) in [5.41, 5.74) is 7.25. The summed E-state index contributed by atoms with van der Waals surface area (Å²) in [6.07, 6.45) is 6.69. The van der Waals surface area contributed by atoms with Gasteiger partial charge in [-0.15, -0.1) is 0 Å². The molecule has 0 radical (unpaired) electrons. The first kappa shape index (κ1) is 14.4. The second-order valence-corrected chi connectivity index (χ2v) is 6.31. The van der Waals surface area contributed by atoms with Crippen LogP contribution in [0.1, 0.15) is 50.6 Å². The van der Waals surface area contributed by atoms with Crippen molar-refractivity contribution in [3.05, 3.63) is 42.0 Å². The zero-order chi connectivity index (χ0) is 14.7. The molecular formula is C19H25NO. The number of hydrogen-bond acceptors (Lipinski definition) is 2. The Labute approximate surface area is 127 Å². The van der Waals surface area contributed by atoms with Gasteiger partial charge in [0.15, 0.2) is 0 Å². The van der Waals surface area contributed by atoms with Gasteiger partial charge in [0.1, 0.15) is 5.75 Å². The van der Waals surface area contributed by atoms with Crippen LogP contribution in [-0.2, 0) is 0 Å². The zero-order valence-electron chi connectivity index (χ0n) is 12.8. The molecule has 2 aromatic carbocycles. The molecule has 2 nitrogen and oxygen atoms in total. The van der Waals surface area contributed by atoms with Crippen molar-refractivity contribution >= 4 is 10.8 Å². The van der Waals surface area contributed by atoms with Gasteiger partial charge < -0.3 is 10.5 Å². The Hall–Kier alpha value is -1.54. The minimum atomic E-state index is -0.00374. The van der Waals surface area contributed by atoms with Crippen LogP contribution < -0.4 is 10.5 Å². The molecule has 0 aromatic heterocycles. The summed E-state index contributed by atoms with van der Waals surface area (Å²) in [6.45, 7) is 2.85. The Kier molecular flexibility index (Phi) is 4.45. The maximum atomic E-state index is 6.27. The van der Waals surface area contributed by atoms with E-state index in [1.165, 1.54) is 42.9 Å². The minimum Gasteiger partial charge on any atom is -0.492 e. The number of nitrogens with two attached hydrogens (primary N) is 1. The molecule has 1 saturated carbocycles. The molecule has 1 fully saturated rings. The fourth-order valence-corrected chi connectivity index (χ4v) is 3.33. The van der Waals surface area contributed by atoms with E-state index in [9.17, 15) is 0 Å². The molecule has 2 heteroatoms. The highest BCUT2D eigenvalue weighted by atomic mass is 16.5. The molecule has 2 N–H and O–H groups in total. The molecule has 1 aliphatic carbocycles. The van der Waals surface area contributed by atoms with Crippen molar-refractivity contribution in [1.29, 1.82) is 0 Å². The maximum absolute atomic E-state index is 6.27. The van der Waals surface area contributed by atoms with Crippen LogP contribution in [0.4, 0.5) is 0 Å². The minimum absolute atomic E-state index is 0.00374. The third-order valence-electron chi connectivity index (χ3n) is 4.59. The van der Waals surface area contributed by atoms with E-state index in [2.05, 4.69) is 36.4 Å². The summed E-state index contributed by atoms with van der Waals surface area (Å²) < 4.78 is 6.27. The molecule has 0 saturated heterocycles. The summed E-state index contributed by atoms with van der Waals surface area (Å²) in [4.78, 5) is 0. The molecule has 0 bridgehead atoms. The first-order valence-electron chi connectivity index (χ1n) is 8.15. The largest absolute Gasteiger partial charge is 0.492 e. The van der Waals surface area contributed by atoms with Gasteiger partial charge in [0.25, 0.3) is 0 Å². The smallest absolute Gasteiger partial charge is 0.131 e. The van der Waals surface area contributed by atoms with E-state index >= 15 is 0 Å². The van der Waals surface area contributed by atoms with Gasteiger partial charge in [0, 0.05) is 17.0 Å². The van der Waals surface area contributed by atoms with Gasteiger partial charge in [-0.1, -0.05) is 55.7 Å². The van der Waals surface area contributed by atoms with Gasteiger partial charge in [-0.2, -0.15) is 0 Å². The molecule has 0 amide bonds. The molecule has 0 aliphatic heterocycles. The molecule has 0 heterocycles. The van der Waals surface area contributed by atoms with Gasteiger partial charge in [-0.3, -0.25) is 0 Å². The van der Waals surface area contributed by atoms with Crippen LogP contribution in [0.5, 0.6) is 5.75 Å². The highest BCUT2D eigenvalue weighted by Gasteiger charge is 2.17. The van der Waals surface area contributed by atoms with E-state index in [1.807, 2.05) is 6.92 Å². The molecule has 21 heavy (non-hydrogen) atoms. The van der Waals surface area contributed by atoms with Crippen molar-refractivity contribution in [1.82, 2.24) is 0 Å². The monoisotopic (exact) mass is 283 g/mol. The van der Waals surface area contributed by atoms with E-state index < -0.39 is 0 Å². The Balaban J connectivity index is 1.88. The van der Waals surface area contributed by atoms with Gasteiger partial charge >= 0.3 is 0 Å². The lowest BCUT2D eigenvalue weighted by Crippen LogP contribution is -2.17. The van der Waals surface area contributed by atoms with E-state index in [1.54, 1.807) is 0 Å². The first-order valence-corrected chi connectivity index (χ1v) is 8.15. The fourth-order valence-electron chi connectivity index (χ4n) is 3.33. The summed E-state index contributed by atoms with van der Waals surface area (Å²) in [5.74, 6) is 1.70. The second-order valence-electron chi connectivity index (χ2n) is 6.31.